The highest BCUT2D eigenvalue weighted by molar-refractivity contribution is 5.68. The molecule has 2 aromatic rings. The second-order valence-electron chi connectivity index (χ2n) is 8.83. The molecule has 3 aliphatic heterocycles. The largest absolute Gasteiger partial charge is 0.497 e. The zero-order valence-corrected chi connectivity index (χ0v) is 18.2. The predicted molar refractivity (Wildman–Crippen MR) is 118 cm³/mol. The van der Waals surface area contributed by atoms with Gasteiger partial charge in [-0.05, 0) is 55.3 Å². The van der Waals surface area contributed by atoms with E-state index in [0.717, 1.165) is 43.1 Å². The summed E-state index contributed by atoms with van der Waals surface area (Å²) in [4.78, 5) is 1.69. The molecule has 0 aliphatic carbocycles. The van der Waals surface area contributed by atoms with Crippen LogP contribution in [0.2, 0.25) is 0 Å². The van der Waals surface area contributed by atoms with Gasteiger partial charge in [-0.15, -0.1) is 0 Å². The quantitative estimate of drug-likeness (QED) is 0.819. The third-order valence-corrected chi connectivity index (χ3v) is 6.81. The van der Waals surface area contributed by atoms with Crippen LogP contribution in [-0.2, 0) is 0 Å². The molecular formula is C25H32N3O2+. The molecule has 5 rings (SSSR count). The second kappa shape index (κ2) is 7.64. The van der Waals surface area contributed by atoms with Crippen LogP contribution in [0.4, 0.5) is 0 Å². The molecule has 2 aromatic carbocycles. The monoisotopic (exact) mass is 406 g/mol. The maximum absolute atomic E-state index is 6.77. The number of fused-ring (bicyclic) bond motifs is 4. The fourth-order valence-electron chi connectivity index (χ4n) is 5.17. The Morgan fingerprint density at radius 1 is 1.17 bits per heavy atom. The van der Waals surface area contributed by atoms with Crippen molar-refractivity contribution in [2.75, 3.05) is 26.7 Å². The number of benzene rings is 2. The zero-order valence-electron chi connectivity index (χ0n) is 18.2. The highest BCUT2D eigenvalue weighted by atomic mass is 16.5. The minimum absolute atomic E-state index is 0.179. The molecule has 1 spiro atoms. The molecule has 0 radical (unpaired) electrons. The molecule has 1 fully saturated rings. The lowest BCUT2D eigenvalue weighted by Gasteiger charge is -2.50. The minimum atomic E-state index is -0.297. The van der Waals surface area contributed by atoms with E-state index < -0.39 is 0 Å². The first-order chi connectivity index (χ1) is 14.6. The van der Waals surface area contributed by atoms with Crippen LogP contribution >= 0.6 is 0 Å². The van der Waals surface area contributed by atoms with Crippen molar-refractivity contribution in [1.29, 1.82) is 0 Å². The number of aryl methyl sites for hydroxylation is 1. The van der Waals surface area contributed by atoms with Crippen LogP contribution in [-0.4, -0.2) is 37.5 Å². The number of methoxy groups -OCH3 is 1. The number of piperidine rings is 1. The van der Waals surface area contributed by atoms with Crippen LogP contribution in [0.25, 0.3) is 5.70 Å². The molecule has 1 atom stereocenters. The third-order valence-electron chi connectivity index (χ3n) is 6.81. The van der Waals surface area contributed by atoms with Gasteiger partial charge in [0.25, 0.3) is 0 Å². The van der Waals surface area contributed by atoms with Crippen LogP contribution in [0.3, 0.4) is 0 Å². The van der Waals surface area contributed by atoms with E-state index >= 15 is 0 Å². The maximum atomic E-state index is 6.77. The Balaban J connectivity index is 1.50. The maximum Gasteiger partial charge on any atom is 0.191 e. The van der Waals surface area contributed by atoms with E-state index in [1.807, 2.05) is 12.1 Å². The molecule has 0 aromatic heterocycles. The standard InChI is InChI=1S/C25H31N3O2/c1-4-13-27-14-11-25(12-15-27)28-23(21-16-18(2)5-10-24(21)30-25)17-22(26-28)19-6-8-20(29-3)9-7-19/h5-10,16-17,23,26H,4,11-15H2,1-3H3/p+1/t23-/m0/s1. The Morgan fingerprint density at radius 2 is 1.93 bits per heavy atom. The summed E-state index contributed by atoms with van der Waals surface area (Å²) in [5.41, 5.74) is 8.26. The number of likely N-dealkylation sites (tertiary alicyclic amines) is 1. The number of ether oxygens (including phenoxy) is 2. The normalized spacial score (nSPS) is 27.6. The third kappa shape index (κ3) is 3.26. The first-order valence-corrected chi connectivity index (χ1v) is 11.2. The molecular weight excluding hydrogens is 374 g/mol. The van der Waals surface area contributed by atoms with Gasteiger partial charge >= 0.3 is 0 Å². The molecule has 30 heavy (non-hydrogen) atoms. The van der Waals surface area contributed by atoms with Gasteiger partial charge in [0.05, 0.1) is 51.3 Å². The highest BCUT2D eigenvalue weighted by Gasteiger charge is 2.52. The first kappa shape index (κ1) is 19.5. The Kier molecular flexibility index (Phi) is 4.95. The molecule has 1 saturated heterocycles. The number of quaternary nitrogens is 1. The van der Waals surface area contributed by atoms with Gasteiger partial charge in [0.1, 0.15) is 11.5 Å². The van der Waals surface area contributed by atoms with E-state index in [2.05, 4.69) is 60.7 Å². The van der Waals surface area contributed by atoms with Gasteiger partial charge in [-0.1, -0.05) is 24.6 Å². The Hall–Kier alpha value is -2.50. The van der Waals surface area contributed by atoms with Crippen molar-refractivity contribution in [3.05, 3.63) is 65.2 Å². The molecule has 3 aliphatic rings. The van der Waals surface area contributed by atoms with Crippen LogP contribution in [0.1, 0.15) is 48.9 Å². The van der Waals surface area contributed by atoms with Crippen molar-refractivity contribution in [2.45, 2.75) is 44.9 Å². The Morgan fingerprint density at radius 3 is 2.63 bits per heavy atom. The van der Waals surface area contributed by atoms with E-state index in [1.165, 1.54) is 29.7 Å². The van der Waals surface area contributed by atoms with Gasteiger partial charge < -0.3 is 19.8 Å². The van der Waals surface area contributed by atoms with Crippen LogP contribution in [0, 0.1) is 6.92 Å². The summed E-state index contributed by atoms with van der Waals surface area (Å²) in [5.74, 6) is 1.91. The van der Waals surface area contributed by atoms with Crippen LogP contribution < -0.4 is 19.8 Å². The number of rotatable bonds is 4. The van der Waals surface area contributed by atoms with Crippen molar-refractivity contribution >= 4 is 5.70 Å². The summed E-state index contributed by atoms with van der Waals surface area (Å²) < 4.78 is 12.1. The first-order valence-electron chi connectivity index (χ1n) is 11.2. The van der Waals surface area contributed by atoms with E-state index in [-0.39, 0.29) is 11.8 Å². The van der Waals surface area contributed by atoms with Crippen molar-refractivity contribution in [3.63, 3.8) is 0 Å². The van der Waals surface area contributed by atoms with E-state index in [0.29, 0.717) is 0 Å². The van der Waals surface area contributed by atoms with Gasteiger partial charge in [0.15, 0.2) is 5.72 Å². The SMILES string of the molecule is CCC[NH+]1CCC2(CC1)Oc1ccc(C)cc1[C@@H]1C=C(c3ccc(OC)cc3)NN12. The molecule has 0 saturated carbocycles. The number of hydrogen-bond donors (Lipinski definition) is 2. The molecule has 0 amide bonds. The Bertz CT molecular complexity index is 945. The minimum Gasteiger partial charge on any atom is -0.497 e. The molecule has 0 bridgehead atoms. The van der Waals surface area contributed by atoms with Gasteiger partial charge in [0, 0.05) is 5.56 Å². The lowest BCUT2D eigenvalue weighted by Crippen LogP contribution is -3.14. The van der Waals surface area contributed by atoms with Crippen molar-refractivity contribution in [1.82, 2.24) is 10.4 Å². The molecule has 158 valence electrons. The van der Waals surface area contributed by atoms with Crippen molar-refractivity contribution < 1.29 is 14.4 Å². The van der Waals surface area contributed by atoms with Gasteiger partial charge in [-0.3, -0.25) is 0 Å². The Labute approximate surface area is 179 Å². The van der Waals surface area contributed by atoms with Crippen LogP contribution in [0.5, 0.6) is 11.5 Å². The summed E-state index contributed by atoms with van der Waals surface area (Å²) in [7, 11) is 1.70. The van der Waals surface area contributed by atoms with Crippen LogP contribution in [0.15, 0.2) is 48.5 Å². The van der Waals surface area contributed by atoms with E-state index in [4.69, 9.17) is 9.47 Å². The van der Waals surface area contributed by atoms with Gasteiger partial charge in [-0.25, -0.2) is 0 Å². The van der Waals surface area contributed by atoms with Crippen molar-refractivity contribution in [3.8, 4) is 11.5 Å². The predicted octanol–water partition coefficient (Wildman–Crippen LogP) is 3.08. The molecule has 0 unspecified atom stereocenters. The summed E-state index contributed by atoms with van der Waals surface area (Å²) >= 11 is 0. The second-order valence-corrected chi connectivity index (χ2v) is 8.83. The number of nitrogens with one attached hydrogen (secondary N) is 2. The van der Waals surface area contributed by atoms with Crippen molar-refractivity contribution in [2.24, 2.45) is 0 Å². The van der Waals surface area contributed by atoms with Gasteiger partial charge in [0.2, 0.25) is 0 Å². The lowest BCUT2D eigenvalue weighted by atomic mass is 9.92. The van der Waals surface area contributed by atoms with E-state index in [1.54, 1.807) is 12.0 Å². The molecule has 3 heterocycles. The van der Waals surface area contributed by atoms with Gasteiger partial charge in [-0.2, -0.15) is 5.01 Å². The fraction of sp³-hybridized carbons (Fsp3) is 0.440. The van der Waals surface area contributed by atoms with E-state index in [9.17, 15) is 0 Å². The molecule has 5 heteroatoms. The average molecular weight is 407 g/mol. The number of hydrazine groups is 1. The topological polar surface area (TPSA) is 38.2 Å². The molecule has 5 nitrogen and oxygen atoms in total. The lowest BCUT2D eigenvalue weighted by molar-refractivity contribution is -0.908. The molecule has 2 N–H and O–H groups in total. The average Bonchev–Trinajstić information content (AvgIpc) is 3.23. The highest BCUT2D eigenvalue weighted by Crippen LogP contribution is 2.47. The summed E-state index contributed by atoms with van der Waals surface area (Å²) in [5, 5.41) is 2.39. The smallest absolute Gasteiger partial charge is 0.191 e. The number of nitrogens with zero attached hydrogens (tertiary/aromatic N) is 1. The summed E-state index contributed by atoms with van der Waals surface area (Å²) in [6, 6.07) is 15.1. The number of hydrogen-bond acceptors (Lipinski definition) is 4. The summed E-state index contributed by atoms with van der Waals surface area (Å²) in [6.45, 7) is 7.97. The zero-order chi connectivity index (χ0) is 20.7. The summed E-state index contributed by atoms with van der Waals surface area (Å²) in [6.07, 6.45) is 5.65. The fourth-order valence-corrected chi connectivity index (χ4v) is 5.17.